The third kappa shape index (κ3) is 2.92. The SMILES string of the molecule is O=C(CC1CCCCN1)c1ccccc1[N+](=O)[O-]. The first-order valence-corrected chi connectivity index (χ1v) is 6.18. The number of hydrogen-bond acceptors (Lipinski definition) is 4. The van der Waals surface area contributed by atoms with Crippen molar-refractivity contribution in [3.8, 4) is 0 Å². The minimum Gasteiger partial charge on any atom is -0.314 e. The molecule has 18 heavy (non-hydrogen) atoms. The molecule has 1 aromatic rings. The van der Waals surface area contributed by atoms with E-state index in [0.717, 1.165) is 25.8 Å². The van der Waals surface area contributed by atoms with Crippen LogP contribution < -0.4 is 5.32 Å². The van der Waals surface area contributed by atoms with Gasteiger partial charge in [-0.1, -0.05) is 18.6 Å². The lowest BCUT2D eigenvalue weighted by Crippen LogP contribution is -2.35. The van der Waals surface area contributed by atoms with Gasteiger partial charge in [-0.15, -0.1) is 0 Å². The van der Waals surface area contributed by atoms with E-state index in [1.807, 2.05) is 0 Å². The maximum absolute atomic E-state index is 12.1. The molecular weight excluding hydrogens is 232 g/mol. The van der Waals surface area contributed by atoms with E-state index in [4.69, 9.17) is 0 Å². The Balaban J connectivity index is 2.10. The van der Waals surface area contributed by atoms with Crippen LogP contribution in [0.1, 0.15) is 36.0 Å². The van der Waals surface area contributed by atoms with E-state index in [9.17, 15) is 14.9 Å². The van der Waals surface area contributed by atoms with Crippen LogP contribution in [-0.4, -0.2) is 23.3 Å². The van der Waals surface area contributed by atoms with Crippen LogP contribution in [0.2, 0.25) is 0 Å². The zero-order chi connectivity index (χ0) is 13.0. The maximum atomic E-state index is 12.1. The zero-order valence-electron chi connectivity index (χ0n) is 10.1. The molecule has 2 rings (SSSR count). The summed E-state index contributed by atoms with van der Waals surface area (Å²) in [6.07, 6.45) is 3.55. The summed E-state index contributed by atoms with van der Waals surface area (Å²) < 4.78 is 0. The highest BCUT2D eigenvalue weighted by Crippen LogP contribution is 2.21. The summed E-state index contributed by atoms with van der Waals surface area (Å²) in [5, 5.41) is 14.1. The quantitative estimate of drug-likeness (QED) is 0.504. The number of nitro groups is 1. The third-order valence-electron chi connectivity index (χ3n) is 3.25. The summed E-state index contributed by atoms with van der Waals surface area (Å²) >= 11 is 0. The molecule has 5 heteroatoms. The number of Topliss-reactive ketones (excluding diaryl/α,β-unsaturated/α-hetero) is 1. The van der Waals surface area contributed by atoms with Gasteiger partial charge in [-0.2, -0.15) is 0 Å². The van der Waals surface area contributed by atoms with E-state index < -0.39 is 4.92 Å². The van der Waals surface area contributed by atoms with Gasteiger partial charge in [0.2, 0.25) is 0 Å². The Hall–Kier alpha value is -1.75. The summed E-state index contributed by atoms with van der Waals surface area (Å²) in [6, 6.07) is 6.30. The number of carbonyl (C=O) groups is 1. The van der Waals surface area contributed by atoms with Gasteiger partial charge in [0.05, 0.1) is 10.5 Å². The fraction of sp³-hybridized carbons (Fsp3) is 0.462. The minimum absolute atomic E-state index is 0.0988. The molecule has 0 radical (unpaired) electrons. The number of benzene rings is 1. The van der Waals surface area contributed by atoms with Crippen molar-refractivity contribution in [2.24, 2.45) is 0 Å². The number of nitrogens with one attached hydrogen (secondary N) is 1. The van der Waals surface area contributed by atoms with Crippen molar-refractivity contribution in [3.05, 3.63) is 39.9 Å². The van der Waals surface area contributed by atoms with E-state index in [1.165, 1.54) is 12.1 Å². The minimum atomic E-state index is -0.498. The first-order valence-electron chi connectivity index (χ1n) is 6.18. The maximum Gasteiger partial charge on any atom is 0.280 e. The van der Waals surface area contributed by atoms with Crippen molar-refractivity contribution < 1.29 is 9.72 Å². The molecule has 1 atom stereocenters. The number of nitrogens with zero attached hydrogens (tertiary/aromatic N) is 1. The monoisotopic (exact) mass is 248 g/mol. The van der Waals surface area contributed by atoms with Gasteiger partial charge in [-0.25, -0.2) is 0 Å². The van der Waals surface area contributed by atoms with E-state index in [-0.39, 0.29) is 23.1 Å². The van der Waals surface area contributed by atoms with Gasteiger partial charge < -0.3 is 5.32 Å². The molecule has 1 N–H and O–H groups in total. The first kappa shape index (κ1) is 12.7. The lowest BCUT2D eigenvalue weighted by molar-refractivity contribution is -0.385. The van der Waals surface area contributed by atoms with Crippen LogP contribution in [0.5, 0.6) is 0 Å². The number of ketones is 1. The van der Waals surface area contributed by atoms with Crippen LogP contribution in [0.4, 0.5) is 5.69 Å². The van der Waals surface area contributed by atoms with Crippen molar-refractivity contribution in [1.29, 1.82) is 0 Å². The molecule has 5 nitrogen and oxygen atoms in total. The highest BCUT2D eigenvalue weighted by molar-refractivity contribution is 6.00. The molecule has 1 heterocycles. The average molecular weight is 248 g/mol. The molecule has 96 valence electrons. The van der Waals surface area contributed by atoms with Crippen LogP contribution in [-0.2, 0) is 0 Å². The van der Waals surface area contributed by atoms with Crippen molar-refractivity contribution >= 4 is 11.5 Å². The van der Waals surface area contributed by atoms with E-state index in [2.05, 4.69) is 5.32 Å². The normalized spacial score (nSPS) is 19.4. The van der Waals surface area contributed by atoms with Gasteiger partial charge in [0.15, 0.2) is 5.78 Å². The number of carbonyl (C=O) groups excluding carboxylic acids is 1. The van der Waals surface area contributed by atoms with Crippen LogP contribution in [0.25, 0.3) is 0 Å². The third-order valence-corrected chi connectivity index (χ3v) is 3.25. The predicted octanol–water partition coefficient (Wildman–Crippen LogP) is 2.31. The van der Waals surface area contributed by atoms with Gasteiger partial charge in [-0.3, -0.25) is 14.9 Å². The molecule has 1 aliphatic heterocycles. The Kier molecular flexibility index (Phi) is 4.04. The molecular formula is C13H16N2O3. The summed E-state index contributed by atoms with van der Waals surface area (Å²) in [5.41, 5.74) is 0.119. The number of rotatable bonds is 4. The topological polar surface area (TPSA) is 72.2 Å². The van der Waals surface area contributed by atoms with Crippen LogP contribution in [0.3, 0.4) is 0 Å². The van der Waals surface area contributed by atoms with E-state index >= 15 is 0 Å². The molecule has 0 saturated carbocycles. The highest BCUT2D eigenvalue weighted by Gasteiger charge is 2.23. The molecule has 1 saturated heterocycles. The lowest BCUT2D eigenvalue weighted by atomic mass is 9.96. The molecule has 1 fully saturated rings. The average Bonchev–Trinajstić information content (AvgIpc) is 2.40. The predicted molar refractivity (Wildman–Crippen MR) is 67.7 cm³/mol. The fourth-order valence-electron chi connectivity index (χ4n) is 2.30. The van der Waals surface area contributed by atoms with Crippen molar-refractivity contribution in [2.75, 3.05) is 6.54 Å². The van der Waals surface area contributed by atoms with Gasteiger partial charge in [0.1, 0.15) is 0 Å². The summed E-state index contributed by atoms with van der Waals surface area (Å²) in [6.45, 7) is 0.925. The highest BCUT2D eigenvalue weighted by atomic mass is 16.6. The van der Waals surface area contributed by atoms with Crippen molar-refractivity contribution in [2.45, 2.75) is 31.7 Å². The molecule has 0 aliphatic carbocycles. The molecule has 0 aromatic heterocycles. The van der Waals surface area contributed by atoms with E-state index in [1.54, 1.807) is 12.1 Å². The second-order valence-electron chi connectivity index (χ2n) is 4.55. The lowest BCUT2D eigenvalue weighted by Gasteiger charge is -2.22. The smallest absolute Gasteiger partial charge is 0.280 e. The Morgan fingerprint density at radius 2 is 2.17 bits per heavy atom. The molecule has 0 spiro atoms. The van der Waals surface area contributed by atoms with E-state index in [0.29, 0.717) is 6.42 Å². The molecule has 1 unspecified atom stereocenters. The summed E-state index contributed by atoms with van der Waals surface area (Å²) in [4.78, 5) is 22.5. The fourth-order valence-corrected chi connectivity index (χ4v) is 2.30. The molecule has 0 bridgehead atoms. The van der Waals surface area contributed by atoms with Gasteiger partial charge in [-0.05, 0) is 25.5 Å². The Bertz CT molecular complexity index is 453. The first-order chi connectivity index (χ1) is 8.68. The Morgan fingerprint density at radius 1 is 1.39 bits per heavy atom. The Labute approximate surface area is 105 Å². The molecule has 0 amide bonds. The van der Waals surface area contributed by atoms with Gasteiger partial charge >= 0.3 is 0 Å². The second-order valence-corrected chi connectivity index (χ2v) is 4.55. The largest absolute Gasteiger partial charge is 0.314 e. The summed E-state index contributed by atoms with van der Waals surface area (Å²) in [5.74, 6) is -0.151. The number of nitro benzene ring substituents is 1. The van der Waals surface area contributed by atoms with Crippen LogP contribution >= 0.6 is 0 Å². The number of para-hydroxylation sites is 1. The van der Waals surface area contributed by atoms with Crippen LogP contribution in [0.15, 0.2) is 24.3 Å². The molecule has 1 aliphatic rings. The second kappa shape index (κ2) is 5.73. The standard InChI is InChI=1S/C13H16N2O3/c16-13(9-10-5-3-4-8-14-10)11-6-1-2-7-12(11)15(17)18/h1-2,6-7,10,14H,3-5,8-9H2. The van der Waals surface area contributed by atoms with Gasteiger partial charge in [0, 0.05) is 18.5 Å². The number of hydrogen-bond donors (Lipinski definition) is 1. The van der Waals surface area contributed by atoms with Crippen LogP contribution in [0, 0.1) is 10.1 Å². The molecule has 1 aromatic carbocycles. The summed E-state index contributed by atoms with van der Waals surface area (Å²) in [7, 11) is 0. The zero-order valence-corrected chi connectivity index (χ0v) is 10.1. The van der Waals surface area contributed by atoms with Crippen molar-refractivity contribution in [1.82, 2.24) is 5.32 Å². The Morgan fingerprint density at radius 3 is 2.83 bits per heavy atom. The van der Waals surface area contributed by atoms with Crippen molar-refractivity contribution in [3.63, 3.8) is 0 Å². The number of piperidine rings is 1. The van der Waals surface area contributed by atoms with Gasteiger partial charge in [0.25, 0.3) is 5.69 Å².